The maximum Gasteiger partial charge on any atom is 0.319 e. The zero-order valence-electron chi connectivity index (χ0n) is 34.8. The third kappa shape index (κ3) is 10.4. The second kappa shape index (κ2) is 19.0. The number of amides is 1. The Hall–Kier alpha value is -2.61. The minimum atomic E-state index is -1.47. The topological polar surface area (TPSA) is 127 Å². The maximum absolute atomic E-state index is 14.4. The largest absolute Gasteiger partial charge is 0.497 e. The highest BCUT2D eigenvalue weighted by molar-refractivity contribution is 6.04. The lowest BCUT2D eigenvalue weighted by molar-refractivity contribution is -0.295. The van der Waals surface area contributed by atoms with Gasteiger partial charge in [0.25, 0.3) is 5.91 Å². The number of hydrogen-bond acceptors (Lipinski definition) is 11. The van der Waals surface area contributed by atoms with Gasteiger partial charge in [-0.2, -0.15) is 0 Å². The van der Waals surface area contributed by atoms with Gasteiger partial charge in [0.1, 0.15) is 23.9 Å². The minimum absolute atomic E-state index is 0.00553. The molecule has 0 unspecified atom stereocenters. The number of carbonyl (C=O) groups is 3. The first kappa shape index (κ1) is 44.1. The lowest BCUT2D eigenvalue weighted by Gasteiger charge is -2.47. The van der Waals surface area contributed by atoms with Gasteiger partial charge in [-0.15, -0.1) is 0 Å². The number of carbonyl (C=O) groups excluding carboxylic acids is 3. The summed E-state index contributed by atoms with van der Waals surface area (Å²) in [6, 6.07) is 7.02. The Balaban J connectivity index is 1.58. The highest BCUT2D eigenvalue weighted by Crippen LogP contribution is 2.39. The second-order valence-corrected chi connectivity index (χ2v) is 17.2. The van der Waals surface area contributed by atoms with Crippen LogP contribution in [0, 0.1) is 23.2 Å². The normalized spacial score (nSPS) is 33.8. The summed E-state index contributed by atoms with van der Waals surface area (Å²) in [4.78, 5) is 48.0. The summed E-state index contributed by atoms with van der Waals surface area (Å²) in [6.07, 6.45) is 1.67. The molecule has 3 aliphatic heterocycles. The molecular formula is C42H69N3O9. The molecule has 0 saturated carbocycles. The molecule has 0 aromatic heterocycles. The van der Waals surface area contributed by atoms with E-state index in [1.54, 1.807) is 41.1 Å². The predicted molar refractivity (Wildman–Crippen MR) is 207 cm³/mol. The minimum Gasteiger partial charge on any atom is -0.497 e. The number of likely N-dealkylation sites (tertiary alicyclic amines) is 1. The van der Waals surface area contributed by atoms with E-state index >= 15 is 0 Å². The zero-order valence-corrected chi connectivity index (χ0v) is 34.8. The van der Waals surface area contributed by atoms with Crippen LogP contribution < -0.4 is 4.74 Å². The summed E-state index contributed by atoms with van der Waals surface area (Å²) in [5.41, 5.74) is -1.81. The van der Waals surface area contributed by atoms with Crippen LogP contribution in [0.2, 0.25) is 0 Å². The van der Waals surface area contributed by atoms with E-state index in [2.05, 4.69) is 18.7 Å². The van der Waals surface area contributed by atoms with Crippen LogP contribution >= 0.6 is 0 Å². The summed E-state index contributed by atoms with van der Waals surface area (Å²) >= 11 is 0. The lowest BCUT2D eigenvalue weighted by atomic mass is 9.74. The van der Waals surface area contributed by atoms with Gasteiger partial charge in [-0.1, -0.05) is 26.8 Å². The van der Waals surface area contributed by atoms with Gasteiger partial charge < -0.3 is 38.6 Å². The van der Waals surface area contributed by atoms with Crippen molar-refractivity contribution in [2.45, 2.75) is 129 Å². The summed E-state index contributed by atoms with van der Waals surface area (Å²) in [7, 11) is 7.08. The van der Waals surface area contributed by atoms with Gasteiger partial charge in [0.15, 0.2) is 12.1 Å². The number of benzene rings is 1. The Morgan fingerprint density at radius 2 is 1.76 bits per heavy atom. The zero-order chi connectivity index (χ0) is 40.0. The molecule has 3 heterocycles. The van der Waals surface area contributed by atoms with Gasteiger partial charge in [-0.05, 0) is 117 Å². The number of nitrogens with zero attached hydrogens (tertiary/aromatic N) is 3. The average Bonchev–Trinajstić information content (AvgIpc) is 3.15. The Kier molecular flexibility index (Phi) is 15.5. The van der Waals surface area contributed by atoms with Crippen LogP contribution in [0.3, 0.4) is 0 Å². The van der Waals surface area contributed by atoms with Crippen LogP contribution in [0.4, 0.5) is 0 Å². The summed E-state index contributed by atoms with van der Waals surface area (Å²) in [5, 5.41) is 11.4. The van der Waals surface area contributed by atoms with Crippen molar-refractivity contribution in [3.63, 3.8) is 0 Å². The number of hydrogen-bond donors (Lipinski definition) is 1. The first-order chi connectivity index (χ1) is 25.4. The fourth-order valence-corrected chi connectivity index (χ4v) is 8.95. The standard InChI is InChI=1S/C42H69N3O9/c1-12-18-45-25-27(2)24-42(7,51-11)37(54-39-35(46)34(43(8)9)21-28(3)53-39)29(4)36(47)41(5,6)40(49)52-26-32(45)22-30-16-19-44(20-17-30)38(48)31-14-13-15-33(23-31)50-10/h13-15,23,27-30,32,34-35,37,39,46H,12,16-22,24-26H2,1-11H3/t27-,28-,29+,32-,34+,35-,37-,39+,42-/m1/s1. The van der Waals surface area contributed by atoms with Gasteiger partial charge in [0, 0.05) is 50.3 Å². The molecule has 0 bridgehead atoms. The molecule has 0 spiro atoms. The fourth-order valence-electron chi connectivity index (χ4n) is 8.95. The van der Waals surface area contributed by atoms with Crippen molar-refractivity contribution in [1.82, 2.24) is 14.7 Å². The van der Waals surface area contributed by atoms with Crippen molar-refractivity contribution in [2.24, 2.45) is 23.2 Å². The van der Waals surface area contributed by atoms with Crippen molar-refractivity contribution in [2.75, 3.05) is 61.1 Å². The summed E-state index contributed by atoms with van der Waals surface area (Å²) in [6.45, 7) is 16.3. The third-order valence-corrected chi connectivity index (χ3v) is 12.2. The molecule has 3 saturated heterocycles. The third-order valence-electron chi connectivity index (χ3n) is 12.2. The Morgan fingerprint density at radius 1 is 1.07 bits per heavy atom. The molecule has 4 rings (SSSR count). The highest BCUT2D eigenvalue weighted by atomic mass is 16.7. The molecule has 3 fully saturated rings. The molecule has 3 aliphatic rings. The predicted octanol–water partition coefficient (Wildman–Crippen LogP) is 5.05. The Bertz CT molecular complexity index is 1400. The number of piperidine rings is 1. The molecule has 54 heavy (non-hydrogen) atoms. The quantitative estimate of drug-likeness (QED) is 0.255. The number of methoxy groups -OCH3 is 2. The molecule has 1 aromatic carbocycles. The first-order valence-electron chi connectivity index (χ1n) is 20.0. The van der Waals surface area contributed by atoms with Gasteiger partial charge in [-0.25, -0.2) is 0 Å². The van der Waals surface area contributed by atoms with Crippen molar-refractivity contribution in [3.8, 4) is 5.75 Å². The van der Waals surface area contributed by atoms with Gasteiger partial charge in [-0.3, -0.25) is 19.3 Å². The number of ether oxygens (including phenoxy) is 5. The van der Waals surface area contributed by atoms with Crippen molar-refractivity contribution in [3.05, 3.63) is 29.8 Å². The molecule has 1 N–H and O–H groups in total. The number of esters is 1. The van der Waals surface area contributed by atoms with E-state index in [1.807, 2.05) is 55.9 Å². The van der Waals surface area contributed by atoms with Crippen LogP contribution in [0.1, 0.15) is 97.3 Å². The van der Waals surface area contributed by atoms with E-state index in [0.29, 0.717) is 43.2 Å². The van der Waals surface area contributed by atoms with Crippen LogP contribution in [0.15, 0.2) is 24.3 Å². The molecular weight excluding hydrogens is 690 g/mol. The molecule has 12 nitrogen and oxygen atoms in total. The van der Waals surface area contributed by atoms with Crippen LogP contribution in [0.5, 0.6) is 5.75 Å². The first-order valence-corrected chi connectivity index (χ1v) is 20.0. The monoisotopic (exact) mass is 760 g/mol. The van der Waals surface area contributed by atoms with Crippen molar-refractivity contribution >= 4 is 17.7 Å². The van der Waals surface area contributed by atoms with E-state index in [4.69, 9.17) is 23.7 Å². The lowest BCUT2D eigenvalue weighted by Crippen LogP contribution is -2.59. The van der Waals surface area contributed by atoms with Crippen molar-refractivity contribution in [1.29, 1.82) is 0 Å². The highest BCUT2D eigenvalue weighted by Gasteiger charge is 2.51. The number of cyclic esters (lactones) is 1. The number of rotatable bonds is 10. The second-order valence-electron chi connectivity index (χ2n) is 17.2. The summed E-state index contributed by atoms with van der Waals surface area (Å²) in [5.74, 6) is -0.568. The van der Waals surface area contributed by atoms with E-state index in [0.717, 1.165) is 38.8 Å². The molecule has 9 atom stereocenters. The van der Waals surface area contributed by atoms with Gasteiger partial charge in [0.2, 0.25) is 0 Å². The van der Waals surface area contributed by atoms with E-state index in [-0.39, 0.29) is 42.4 Å². The van der Waals surface area contributed by atoms with Crippen molar-refractivity contribution < 1.29 is 43.2 Å². The van der Waals surface area contributed by atoms with Crippen LogP contribution in [0.25, 0.3) is 0 Å². The Morgan fingerprint density at radius 3 is 2.37 bits per heavy atom. The molecule has 0 radical (unpaired) electrons. The van der Waals surface area contributed by atoms with Gasteiger partial charge in [0.05, 0.1) is 24.9 Å². The number of ketones is 1. The van der Waals surface area contributed by atoms with E-state index < -0.39 is 41.4 Å². The molecule has 0 aliphatic carbocycles. The molecule has 1 aromatic rings. The SMILES string of the molecule is CCCN1C[C@H](C)C[C@@](C)(OC)[C@H](O[C@@H]2O[C@H](C)C[C@H](N(C)C)[C@H]2O)[C@@H](C)C(=O)C(C)(C)C(=O)OC[C@H]1CC1CCN(C(=O)c2cccc(OC)c2)CC1. The molecule has 306 valence electrons. The number of aliphatic hydroxyl groups excluding tert-OH is 1. The van der Waals surface area contributed by atoms with E-state index in [1.165, 1.54) is 0 Å². The van der Waals surface area contributed by atoms with Gasteiger partial charge >= 0.3 is 5.97 Å². The number of likely N-dealkylation sites (N-methyl/N-ethyl adjacent to an activating group) is 1. The number of Topliss-reactive ketones (excluding diaryl/α,β-unsaturated/α-hetero) is 1. The van der Waals surface area contributed by atoms with Crippen LogP contribution in [-0.2, 0) is 28.5 Å². The molecule has 1 amide bonds. The van der Waals surface area contributed by atoms with E-state index in [9.17, 15) is 19.5 Å². The summed E-state index contributed by atoms with van der Waals surface area (Å²) < 4.78 is 30.7. The number of aliphatic hydroxyl groups is 1. The maximum atomic E-state index is 14.4. The Labute approximate surface area is 324 Å². The average molecular weight is 760 g/mol. The fraction of sp³-hybridized carbons (Fsp3) is 0.786. The van der Waals surface area contributed by atoms with Crippen LogP contribution in [-0.4, -0.2) is 141 Å². The molecule has 12 heteroatoms. The smallest absolute Gasteiger partial charge is 0.319 e.